The van der Waals surface area contributed by atoms with E-state index in [0.29, 0.717) is 0 Å². The van der Waals surface area contributed by atoms with Crippen molar-refractivity contribution in [3.8, 4) is 45.3 Å². The van der Waals surface area contributed by atoms with Crippen LogP contribution in [0.15, 0.2) is 127 Å². The van der Waals surface area contributed by atoms with E-state index < -0.39 is 0 Å². The third-order valence-electron chi connectivity index (χ3n) is 8.08. The van der Waals surface area contributed by atoms with E-state index >= 15 is 0 Å². The van der Waals surface area contributed by atoms with Crippen LogP contribution >= 0.6 is 0 Å². The van der Waals surface area contributed by atoms with Gasteiger partial charge in [0.2, 0.25) is 0 Å². The van der Waals surface area contributed by atoms with E-state index in [0.717, 1.165) is 63.6 Å². The number of rotatable bonds is 3. The summed E-state index contributed by atoms with van der Waals surface area (Å²) in [4.78, 5) is 0. The zero-order valence-electron chi connectivity index (χ0n) is 21.4. The number of benzene rings is 5. The van der Waals surface area contributed by atoms with E-state index in [2.05, 4.69) is 121 Å². The Labute approximate surface area is 229 Å². The molecule has 0 unspecified atom stereocenters. The molecule has 0 radical (unpaired) electrons. The molecule has 1 aliphatic carbocycles. The van der Waals surface area contributed by atoms with Crippen LogP contribution in [0.25, 0.3) is 27.8 Å². The Morgan fingerprint density at radius 2 is 1.31 bits per heavy atom. The number of allylic oxidation sites excluding steroid dienone is 4. The lowest BCUT2D eigenvalue weighted by atomic mass is 9.34. The molecule has 3 aliphatic rings. The fourth-order valence-corrected chi connectivity index (χ4v) is 6.20. The normalized spacial score (nSPS) is 14.4. The van der Waals surface area contributed by atoms with E-state index in [-0.39, 0.29) is 6.71 Å². The second-order valence-electron chi connectivity index (χ2n) is 10.4. The van der Waals surface area contributed by atoms with Crippen molar-refractivity contribution >= 4 is 28.7 Å². The summed E-state index contributed by atoms with van der Waals surface area (Å²) in [5.74, 6) is 3.58. The maximum Gasteiger partial charge on any atom is 0.260 e. The first kappa shape index (κ1) is 22.2. The molecule has 0 fully saturated rings. The maximum absolute atomic E-state index is 6.81. The molecule has 0 amide bonds. The van der Waals surface area contributed by atoms with Crippen LogP contribution in [-0.2, 0) is 0 Å². The van der Waals surface area contributed by atoms with E-state index in [1.807, 2.05) is 6.07 Å². The molecule has 2 heterocycles. The van der Waals surface area contributed by atoms with Crippen LogP contribution < -0.4 is 25.9 Å². The van der Waals surface area contributed by atoms with Gasteiger partial charge in [-0.05, 0) is 69.8 Å². The van der Waals surface area contributed by atoms with Gasteiger partial charge in [0.05, 0.1) is 0 Å². The van der Waals surface area contributed by atoms with Crippen molar-refractivity contribution < 1.29 is 9.47 Å². The van der Waals surface area contributed by atoms with Gasteiger partial charge in [-0.2, -0.15) is 0 Å². The molecule has 0 saturated carbocycles. The lowest BCUT2D eigenvalue weighted by Crippen LogP contribution is -2.57. The summed E-state index contributed by atoms with van der Waals surface area (Å²) >= 11 is 0. The quantitative estimate of drug-likeness (QED) is 0.234. The molecule has 184 valence electrons. The third kappa shape index (κ3) is 3.65. The summed E-state index contributed by atoms with van der Waals surface area (Å²) in [5, 5.41) is 0. The minimum Gasteiger partial charge on any atom is -0.458 e. The molecule has 0 atom stereocenters. The van der Waals surface area contributed by atoms with Crippen molar-refractivity contribution in [1.82, 2.24) is 0 Å². The molecular formula is C36H25BO2. The number of hydrogen-bond donors (Lipinski definition) is 0. The Kier molecular flexibility index (Phi) is 5.09. The smallest absolute Gasteiger partial charge is 0.260 e. The first-order valence-electron chi connectivity index (χ1n) is 13.6. The van der Waals surface area contributed by atoms with Crippen LogP contribution in [0.3, 0.4) is 0 Å². The van der Waals surface area contributed by atoms with Gasteiger partial charge in [0.1, 0.15) is 23.0 Å². The fourth-order valence-electron chi connectivity index (χ4n) is 6.20. The number of para-hydroxylation sites is 1. The monoisotopic (exact) mass is 500 g/mol. The molecule has 0 aromatic heterocycles. The standard InChI is InChI=1S/C36H25BO2/c1-4-11-24(12-5-1)27-19-20-30-32(21-27)38-33-22-28(25-13-6-2-7-14-25)23-34-35(33)37(30)31-18-10-17-29(36(31)39-34)26-15-8-3-9-16-26/h1-4,6-11,13-23H,5,12H2. The molecule has 8 rings (SSSR count). The fraction of sp³-hybridized carbons (Fsp3) is 0.0556. The van der Waals surface area contributed by atoms with Gasteiger partial charge < -0.3 is 9.47 Å². The Morgan fingerprint density at radius 3 is 2.08 bits per heavy atom. The second kappa shape index (κ2) is 8.92. The molecule has 0 saturated heterocycles. The molecular weight excluding hydrogens is 475 g/mol. The highest BCUT2D eigenvalue weighted by Crippen LogP contribution is 2.41. The van der Waals surface area contributed by atoms with Gasteiger partial charge in [0, 0.05) is 11.0 Å². The minimum atomic E-state index is 0.0327. The van der Waals surface area contributed by atoms with Crippen LogP contribution in [0.2, 0.25) is 0 Å². The van der Waals surface area contributed by atoms with E-state index in [9.17, 15) is 0 Å². The number of ether oxygens (including phenoxy) is 2. The molecule has 0 bridgehead atoms. The topological polar surface area (TPSA) is 18.5 Å². The SMILES string of the molecule is C1=CCCC(c2ccc3c(c2)Oc2cc(-c4ccccc4)cc4c2B3c2cccc(-c3ccccc3)c2O4)=C1. The van der Waals surface area contributed by atoms with Crippen molar-refractivity contribution in [2.75, 3.05) is 0 Å². The van der Waals surface area contributed by atoms with Crippen LogP contribution in [0.5, 0.6) is 23.0 Å². The Morgan fingerprint density at radius 1 is 0.564 bits per heavy atom. The van der Waals surface area contributed by atoms with E-state index in [4.69, 9.17) is 9.47 Å². The molecule has 3 heteroatoms. The largest absolute Gasteiger partial charge is 0.458 e. The highest BCUT2D eigenvalue weighted by Gasteiger charge is 2.41. The first-order valence-corrected chi connectivity index (χ1v) is 13.6. The highest BCUT2D eigenvalue weighted by atomic mass is 16.5. The molecule has 5 aromatic carbocycles. The first-order chi connectivity index (χ1) is 19.3. The zero-order chi connectivity index (χ0) is 25.8. The maximum atomic E-state index is 6.81. The minimum absolute atomic E-state index is 0.0327. The summed E-state index contributed by atoms with van der Waals surface area (Å²) < 4.78 is 13.5. The van der Waals surface area contributed by atoms with Gasteiger partial charge in [0.25, 0.3) is 6.71 Å². The summed E-state index contributed by atoms with van der Waals surface area (Å²) in [6, 6.07) is 38.6. The van der Waals surface area contributed by atoms with Crippen molar-refractivity contribution in [1.29, 1.82) is 0 Å². The molecule has 0 N–H and O–H groups in total. The van der Waals surface area contributed by atoms with Crippen molar-refractivity contribution in [3.05, 3.63) is 133 Å². The molecule has 2 aliphatic heterocycles. The lowest BCUT2D eigenvalue weighted by Gasteiger charge is -2.34. The third-order valence-corrected chi connectivity index (χ3v) is 8.08. The lowest BCUT2D eigenvalue weighted by molar-refractivity contribution is 0.465. The summed E-state index contributed by atoms with van der Waals surface area (Å²) in [6.45, 7) is 0.0327. The van der Waals surface area contributed by atoms with Crippen LogP contribution in [0, 0.1) is 0 Å². The zero-order valence-corrected chi connectivity index (χ0v) is 21.4. The predicted molar refractivity (Wildman–Crippen MR) is 161 cm³/mol. The van der Waals surface area contributed by atoms with Gasteiger partial charge in [-0.1, -0.05) is 109 Å². The Balaban J connectivity index is 1.36. The number of fused-ring (bicyclic) bond motifs is 4. The van der Waals surface area contributed by atoms with Gasteiger partial charge in [0.15, 0.2) is 0 Å². The van der Waals surface area contributed by atoms with E-state index in [1.54, 1.807) is 0 Å². The van der Waals surface area contributed by atoms with Gasteiger partial charge in [-0.15, -0.1) is 0 Å². The predicted octanol–water partition coefficient (Wildman–Crippen LogP) is 7.48. The molecule has 2 nitrogen and oxygen atoms in total. The number of hydrogen-bond acceptors (Lipinski definition) is 2. The Bertz CT molecular complexity index is 1800. The second-order valence-corrected chi connectivity index (χ2v) is 10.4. The van der Waals surface area contributed by atoms with Crippen molar-refractivity contribution in [2.24, 2.45) is 0 Å². The average molecular weight is 500 g/mol. The summed E-state index contributed by atoms with van der Waals surface area (Å²) in [7, 11) is 0. The van der Waals surface area contributed by atoms with Crippen LogP contribution in [-0.4, -0.2) is 6.71 Å². The molecule has 5 aromatic rings. The summed E-state index contributed by atoms with van der Waals surface area (Å²) in [6.07, 6.45) is 8.74. The van der Waals surface area contributed by atoms with E-state index in [1.165, 1.54) is 22.1 Å². The van der Waals surface area contributed by atoms with Gasteiger partial charge in [-0.3, -0.25) is 0 Å². The van der Waals surface area contributed by atoms with Crippen LogP contribution in [0.1, 0.15) is 18.4 Å². The summed E-state index contributed by atoms with van der Waals surface area (Å²) in [5.41, 5.74) is 10.5. The molecule has 39 heavy (non-hydrogen) atoms. The van der Waals surface area contributed by atoms with Crippen LogP contribution in [0.4, 0.5) is 0 Å². The Hall–Kier alpha value is -4.76. The average Bonchev–Trinajstić information content (AvgIpc) is 3.01. The highest BCUT2D eigenvalue weighted by molar-refractivity contribution is 6.98. The van der Waals surface area contributed by atoms with Crippen molar-refractivity contribution in [2.45, 2.75) is 12.8 Å². The van der Waals surface area contributed by atoms with Gasteiger partial charge >= 0.3 is 0 Å². The molecule has 0 spiro atoms. The van der Waals surface area contributed by atoms with Gasteiger partial charge in [-0.25, -0.2) is 0 Å². The van der Waals surface area contributed by atoms with Crippen molar-refractivity contribution in [3.63, 3.8) is 0 Å².